The summed E-state index contributed by atoms with van der Waals surface area (Å²) < 4.78 is 5.39. The molecule has 1 saturated heterocycles. The standard InChI is InChI=1S/C21H22ClN5O2/c22-18-5-1-4-17(11-18)20-25-19(29-26-20)14-27-9-6-16(7-10-27)21(28)24-13-15-3-2-8-23-12-15/h1-5,8,11-12,16H,6-7,9-10,13-14H2,(H,24,28). The molecule has 1 aliphatic rings. The quantitative estimate of drug-likeness (QED) is 0.669. The van der Waals surface area contributed by atoms with E-state index in [2.05, 4.69) is 25.3 Å². The van der Waals surface area contributed by atoms with Crippen molar-refractivity contribution in [3.05, 3.63) is 65.3 Å². The fraction of sp³-hybridized carbons (Fsp3) is 0.333. The van der Waals surface area contributed by atoms with Gasteiger partial charge in [-0.05, 0) is 49.7 Å². The van der Waals surface area contributed by atoms with Gasteiger partial charge in [-0.15, -0.1) is 0 Å². The Labute approximate surface area is 174 Å². The molecule has 1 N–H and O–H groups in total. The van der Waals surface area contributed by atoms with Crippen molar-refractivity contribution in [2.24, 2.45) is 5.92 Å². The Balaban J connectivity index is 1.25. The van der Waals surface area contributed by atoms with Crippen LogP contribution in [0.25, 0.3) is 11.4 Å². The average molecular weight is 412 g/mol. The van der Waals surface area contributed by atoms with Crippen LogP contribution in [0.5, 0.6) is 0 Å². The molecule has 0 aliphatic carbocycles. The number of aromatic nitrogens is 3. The number of nitrogens with zero attached hydrogens (tertiary/aromatic N) is 4. The summed E-state index contributed by atoms with van der Waals surface area (Å²) in [5.74, 6) is 1.24. The van der Waals surface area contributed by atoms with E-state index in [1.807, 2.05) is 36.4 Å². The zero-order chi connectivity index (χ0) is 20.1. The van der Waals surface area contributed by atoms with Gasteiger partial charge in [-0.3, -0.25) is 14.7 Å². The molecule has 0 radical (unpaired) electrons. The normalized spacial score (nSPS) is 15.3. The molecule has 3 heterocycles. The molecule has 0 bridgehead atoms. The third-order valence-electron chi connectivity index (χ3n) is 5.06. The number of nitrogens with one attached hydrogen (secondary N) is 1. The maximum absolute atomic E-state index is 12.4. The molecule has 1 aliphatic heterocycles. The maximum atomic E-state index is 12.4. The number of likely N-dealkylation sites (tertiary alicyclic amines) is 1. The lowest BCUT2D eigenvalue weighted by Crippen LogP contribution is -2.40. The lowest BCUT2D eigenvalue weighted by Gasteiger charge is -2.30. The van der Waals surface area contributed by atoms with Crippen molar-refractivity contribution in [1.82, 2.24) is 25.3 Å². The highest BCUT2D eigenvalue weighted by atomic mass is 35.5. The molecule has 7 nitrogen and oxygen atoms in total. The molecule has 29 heavy (non-hydrogen) atoms. The molecule has 2 aromatic heterocycles. The van der Waals surface area contributed by atoms with Crippen molar-refractivity contribution in [3.63, 3.8) is 0 Å². The Morgan fingerprint density at radius 2 is 2.10 bits per heavy atom. The molecule has 3 aromatic rings. The van der Waals surface area contributed by atoms with E-state index >= 15 is 0 Å². The Morgan fingerprint density at radius 3 is 2.86 bits per heavy atom. The summed E-state index contributed by atoms with van der Waals surface area (Å²) in [5, 5.41) is 7.70. The molecule has 1 amide bonds. The van der Waals surface area contributed by atoms with Crippen molar-refractivity contribution in [2.75, 3.05) is 13.1 Å². The Morgan fingerprint density at radius 1 is 1.24 bits per heavy atom. The van der Waals surface area contributed by atoms with Crippen LogP contribution in [-0.2, 0) is 17.9 Å². The first-order valence-corrected chi connectivity index (χ1v) is 10.0. The van der Waals surface area contributed by atoms with Crippen LogP contribution in [0.3, 0.4) is 0 Å². The molecule has 0 spiro atoms. The van der Waals surface area contributed by atoms with Crippen molar-refractivity contribution in [2.45, 2.75) is 25.9 Å². The molecule has 150 valence electrons. The van der Waals surface area contributed by atoms with Gasteiger partial charge in [0.05, 0.1) is 6.54 Å². The number of rotatable bonds is 6. The largest absolute Gasteiger partial charge is 0.352 e. The summed E-state index contributed by atoms with van der Waals surface area (Å²) in [6.45, 7) is 2.73. The minimum absolute atomic E-state index is 0.0348. The molecular formula is C21H22ClN5O2. The van der Waals surface area contributed by atoms with Crippen molar-refractivity contribution >= 4 is 17.5 Å². The van der Waals surface area contributed by atoms with Crippen LogP contribution in [0, 0.1) is 5.92 Å². The number of carbonyl (C=O) groups is 1. The van der Waals surface area contributed by atoms with Gasteiger partial charge >= 0.3 is 0 Å². The monoisotopic (exact) mass is 411 g/mol. The first kappa shape index (κ1) is 19.5. The summed E-state index contributed by atoms with van der Waals surface area (Å²) in [4.78, 5) is 23.2. The zero-order valence-corrected chi connectivity index (χ0v) is 16.7. The summed E-state index contributed by atoms with van der Waals surface area (Å²) >= 11 is 6.02. The van der Waals surface area contributed by atoms with Gasteiger partial charge in [0.15, 0.2) is 0 Å². The summed E-state index contributed by atoms with van der Waals surface area (Å²) in [6.07, 6.45) is 5.12. The number of halogens is 1. The number of piperidine rings is 1. The average Bonchev–Trinajstić information content (AvgIpc) is 3.22. The van der Waals surface area contributed by atoms with Gasteiger partial charge in [-0.2, -0.15) is 4.98 Å². The van der Waals surface area contributed by atoms with Gasteiger partial charge in [0, 0.05) is 35.4 Å². The minimum atomic E-state index is 0.0348. The second kappa shape index (κ2) is 9.15. The Kier molecular flexibility index (Phi) is 6.17. The van der Waals surface area contributed by atoms with Crippen LogP contribution < -0.4 is 5.32 Å². The van der Waals surface area contributed by atoms with E-state index < -0.39 is 0 Å². The number of hydrogen-bond donors (Lipinski definition) is 1. The van der Waals surface area contributed by atoms with Crippen LogP contribution in [0.4, 0.5) is 0 Å². The first-order valence-electron chi connectivity index (χ1n) is 9.65. The minimum Gasteiger partial charge on any atom is -0.352 e. The highest BCUT2D eigenvalue weighted by Gasteiger charge is 2.25. The molecule has 8 heteroatoms. The Bertz CT molecular complexity index is 954. The third kappa shape index (κ3) is 5.19. The van der Waals surface area contributed by atoms with E-state index in [1.54, 1.807) is 12.4 Å². The molecule has 1 aromatic carbocycles. The van der Waals surface area contributed by atoms with Gasteiger partial charge in [0.1, 0.15) is 0 Å². The zero-order valence-electron chi connectivity index (χ0n) is 15.9. The van der Waals surface area contributed by atoms with Gasteiger partial charge in [-0.1, -0.05) is 35.0 Å². The lowest BCUT2D eigenvalue weighted by atomic mass is 9.96. The van der Waals surface area contributed by atoms with Crippen LogP contribution >= 0.6 is 11.6 Å². The highest BCUT2D eigenvalue weighted by molar-refractivity contribution is 6.30. The SMILES string of the molecule is O=C(NCc1cccnc1)C1CCN(Cc2nc(-c3cccc(Cl)c3)no2)CC1. The van der Waals surface area contributed by atoms with Crippen molar-refractivity contribution in [3.8, 4) is 11.4 Å². The third-order valence-corrected chi connectivity index (χ3v) is 5.29. The summed E-state index contributed by atoms with van der Waals surface area (Å²) in [5.41, 5.74) is 1.83. The topological polar surface area (TPSA) is 84.2 Å². The van der Waals surface area contributed by atoms with E-state index in [0.29, 0.717) is 29.8 Å². The van der Waals surface area contributed by atoms with Gasteiger partial charge in [-0.25, -0.2) is 0 Å². The number of amides is 1. The molecule has 0 atom stereocenters. The highest BCUT2D eigenvalue weighted by Crippen LogP contribution is 2.22. The summed E-state index contributed by atoms with van der Waals surface area (Å²) in [7, 11) is 0. The lowest BCUT2D eigenvalue weighted by molar-refractivity contribution is -0.126. The molecule has 1 fully saturated rings. The smallest absolute Gasteiger partial charge is 0.241 e. The van der Waals surface area contributed by atoms with Crippen molar-refractivity contribution < 1.29 is 9.32 Å². The van der Waals surface area contributed by atoms with Crippen molar-refractivity contribution in [1.29, 1.82) is 0 Å². The second-order valence-electron chi connectivity index (χ2n) is 7.15. The summed E-state index contributed by atoms with van der Waals surface area (Å²) in [6, 6.07) is 11.2. The molecule has 4 rings (SSSR count). The van der Waals surface area contributed by atoms with E-state index in [9.17, 15) is 4.79 Å². The maximum Gasteiger partial charge on any atom is 0.241 e. The van der Waals surface area contributed by atoms with Gasteiger partial charge in [0.25, 0.3) is 0 Å². The fourth-order valence-corrected chi connectivity index (χ4v) is 3.63. The predicted molar refractivity (Wildman–Crippen MR) is 109 cm³/mol. The predicted octanol–water partition coefficient (Wildman–Crippen LogP) is 3.31. The second-order valence-corrected chi connectivity index (χ2v) is 7.59. The van der Waals surface area contributed by atoms with Crippen LogP contribution in [0.2, 0.25) is 5.02 Å². The van der Waals surface area contributed by atoms with Crippen LogP contribution in [0.15, 0.2) is 53.3 Å². The number of carbonyl (C=O) groups excluding carboxylic acids is 1. The number of hydrogen-bond acceptors (Lipinski definition) is 6. The number of pyridine rings is 1. The van der Waals surface area contributed by atoms with E-state index in [-0.39, 0.29) is 11.8 Å². The fourth-order valence-electron chi connectivity index (χ4n) is 3.44. The molecule has 0 saturated carbocycles. The van der Waals surface area contributed by atoms with Gasteiger partial charge < -0.3 is 9.84 Å². The van der Waals surface area contributed by atoms with Gasteiger partial charge in [0.2, 0.25) is 17.6 Å². The van der Waals surface area contributed by atoms with E-state index in [1.165, 1.54) is 0 Å². The molecular weight excluding hydrogens is 390 g/mol. The van der Waals surface area contributed by atoms with Crippen LogP contribution in [-0.4, -0.2) is 39.0 Å². The Hall–Kier alpha value is -2.77. The van der Waals surface area contributed by atoms with Crippen LogP contribution in [0.1, 0.15) is 24.3 Å². The number of benzene rings is 1. The molecule has 0 unspecified atom stereocenters. The first-order chi connectivity index (χ1) is 14.2. The van der Waals surface area contributed by atoms with E-state index in [0.717, 1.165) is 37.1 Å². The van der Waals surface area contributed by atoms with E-state index in [4.69, 9.17) is 16.1 Å².